The fraction of sp³-hybridized carbons (Fsp3) is 0.500. The van der Waals surface area contributed by atoms with E-state index in [4.69, 9.17) is 5.26 Å². The van der Waals surface area contributed by atoms with Gasteiger partial charge in [0.05, 0.1) is 18.1 Å². The number of hydrogen-bond acceptors (Lipinski definition) is 5. The van der Waals surface area contributed by atoms with Crippen LogP contribution in [0.5, 0.6) is 0 Å². The number of nitrogens with one attached hydrogen (secondary N) is 1. The summed E-state index contributed by atoms with van der Waals surface area (Å²) < 4.78 is 0. The number of rotatable bonds is 6. The highest BCUT2D eigenvalue weighted by atomic mass is 16.2. The van der Waals surface area contributed by atoms with E-state index in [-0.39, 0.29) is 18.9 Å². The molecule has 0 radical (unpaired) electrons. The van der Waals surface area contributed by atoms with Crippen molar-refractivity contribution in [3.05, 3.63) is 35.9 Å². The Bertz CT molecular complexity index is 782. The van der Waals surface area contributed by atoms with Crippen LogP contribution in [0.15, 0.2) is 30.3 Å². The fourth-order valence-corrected chi connectivity index (χ4v) is 3.90. The van der Waals surface area contributed by atoms with Gasteiger partial charge in [-0.2, -0.15) is 10.5 Å². The summed E-state index contributed by atoms with van der Waals surface area (Å²) in [5, 5.41) is 20.8. The monoisotopic (exact) mass is 365 g/mol. The molecule has 7 heteroatoms. The normalized spacial score (nSPS) is 23.7. The van der Waals surface area contributed by atoms with Crippen molar-refractivity contribution in [1.82, 2.24) is 15.1 Å². The molecule has 0 bridgehead atoms. The van der Waals surface area contributed by atoms with Crippen LogP contribution >= 0.6 is 0 Å². The number of nitriles is 2. The number of carbonyl (C=O) groups excluding carboxylic acids is 2. The van der Waals surface area contributed by atoms with Crippen LogP contribution < -0.4 is 5.32 Å². The average Bonchev–Trinajstić information content (AvgIpc) is 2.89. The van der Waals surface area contributed by atoms with Gasteiger partial charge in [0.15, 0.2) is 0 Å². The van der Waals surface area contributed by atoms with Gasteiger partial charge in [-0.1, -0.05) is 30.3 Å². The Morgan fingerprint density at radius 2 is 2.00 bits per heavy atom. The molecule has 3 amide bonds. The second-order valence-corrected chi connectivity index (χ2v) is 7.25. The minimum atomic E-state index is -0.903. The molecule has 0 unspecified atom stereocenters. The molecule has 1 spiro atoms. The Morgan fingerprint density at radius 3 is 2.70 bits per heavy atom. The largest absolute Gasteiger partial charge is 0.325 e. The van der Waals surface area contributed by atoms with Gasteiger partial charge in [-0.3, -0.25) is 14.6 Å². The highest BCUT2D eigenvalue weighted by Crippen LogP contribution is 2.30. The summed E-state index contributed by atoms with van der Waals surface area (Å²) in [6, 6.07) is 13.7. The van der Waals surface area contributed by atoms with E-state index in [0.29, 0.717) is 19.4 Å². The fourth-order valence-electron chi connectivity index (χ4n) is 3.90. The van der Waals surface area contributed by atoms with Crippen LogP contribution in [0.4, 0.5) is 4.79 Å². The van der Waals surface area contributed by atoms with Crippen molar-refractivity contribution in [2.24, 2.45) is 5.92 Å². The number of imide groups is 1. The lowest BCUT2D eigenvalue weighted by atomic mass is 9.88. The molecular formula is C20H23N5O2. The molecule has 7 nitrogen and oxygen atoms in total. The van der Waals surface area contributed by atoms with Gasteiger partial charge in [-0.15, -0.1) is 0 Å². The first kappa shape index (κ1) is 18.9. The van der Waals surface area contributed by atoms with E-state index >= 15 is 0 Å². The van der Waals surface area contributed by atoms with Crippen LogP contribution in [0.3, 0.4) is 0 Å². The first-order chi connectivity index (χ1) is 13.1. The van der Waals surface area contributed by atoms with Crippen LogP contribution in [-0.4, -0.2) is 46.9 Å². The molecule has 2 aliphatic rings. The predicted octanol–water partition coefficient (Wildman–Crippen LogP) is 2.02. The molecule has 0 saturated carbocycles. The molecule has 2 aliphatic heterocycles. The summed E-state index contributed by atoms with van der Waals surface area (Å²) >= 11 is 0. The van der Waals surface area contributed by atoms with E-state index in [1.807, 2.05) is 24.3 Å². The quantitative estimate of drug-likeness (QED) is 0.777. The number of piperidine rings is 1. The lowest BCUT2D eigenvalue weighted by Crippen LogP contribution is -2.58. The molecule has 2 heterocycles. The van der Waals surface area contributed by atoms with Gasteiger partial charge in [0, 0.05) is 26.1 Å². The lowest BCUT2D eigenvalue weighted by Gasteiger charge is -2.38. The van der Waals surface area contributed by atoms with Gasteiger partial charge >= 0.3 is 6.03 Å². The average molecular weight is 365 g/mol. The molecule has 2 atom stereocenters. The second-order valence-electron chi connectivity index (χ2n) is 7.25. The Kier molecular flexibility index (Phi) is 5.73. The maximum Gasteiger partial charge on any atom is 0.325 e. The zero-order valence-electron chi connectivity index (χ0n) is 15.2. The standard InChI is InChI=1S/C20H23N5O2/c21-10-4-8-17(12-22)14-25-18(26)20(23-19(25)27)9-5-11-24(15-20)13-16-6-2-1-3-7-16/h1-3,6-7,17H,4-5,8-9,11,13-15H2,(H,23,27)/t17-,20+/m1/s1. The number of amides is 3. The molecular weight excluding hydrogens is 342 g/mol. The number of carbonyl (C=O) groups is 2. The maximum atomic E-state index is 13.1. The predicted molar refractivity (Wildman–Crippen MR) is 97.9 cm³/mol. The van der Waals surface area contributed by atoms with Gasteiger partial charge in [-0.05, 0) is 31.4 Å². The summed E-state index contributed by atoms with van der Waals surface area (Å²) in [6.07, 6.45) is 2.02. The van der Waals surface area contributed by atoms with Crippen LogP contribution in [0.1, 0.15) is 31.2 Å². The topological polar surface area (TPSA) is 100 Å². The van der Waals surface area contributed by atoms with Crippen molar-refractivity contribution < 1.29 is 9.59 Å². The number of nitrogens with zero attached hydrogens (tertiary/aromatic N) is 4. The van der Waals surface area contributed by atoms with Crippen molar-refractivity contribution in [1.29, 1.82) is 10.5 Å². The minimum Gasteiger partial charge on any atom is -0.322 e. The summed E-state index contributed by atoms with van der Waals surface area (Å²) in [6.45, 7) is 2.12. The first-order valence-corrected chi connectivity index (χ1v) is 9.25. The summed E-state index contributed by atoms with van der Waals surface area (Å²) in [5.41, 5.74) is 0.267. The summed E-state index contributed by atoms with van der Waals surface area (Å²) in [4.78, 5) is 28.9. The summed E-state index contributed by atoms with van der Waals surface area (Å²) in [5.74, 6) is -0.763. The molecule has 1 aromatic rings. The Morgan fingerprint density at radius 1 is 1.22 bits per heavy atom. The lowest BCUT2D eigenvalue weighted by molar-refractivity contribution is -0.133. The molecule has 3 rings (SSSR count). The smallest absolute Gasteiger partial charge is 0.322 e. The van der Waals surface area contributed by atoms with Gasteiger partial charge in [0.1, 0.15) is 5.54 Å². The van der Waals surface area contributed by atoms with E-state index in [0.717, 1.165) is 24.4 Å². The molecule has 1 aromatic carbocycles. The Hall–Kier alpha value is -2.90. The Balaban J connectivity index is 1.69. The van der Waals surface area contributed by atoms with Crippen LogP contribution in [0, 0.1) is 28.6 Å². The highest BCUT2D eigenvalue weighted by Gasteiger charge is 2.53. The number of benzene rings is 1. The van der Waals surface area contributed by atoms with Crippen LogP contribution in [0.2, 0.25) is 0 Å². The van der Waals surface area contributed by atoms with Crippen molar-refractivity contribution >= 4 is 11.9 Å². The maximum absolute atomic E-state index is 13.1. The van der Waals surface area contributed by atoms with Gasteiger partial charge in [0.2, 0.25) is 0 Å². The SMILES string of the molecule is N#CCC[C@H](C#N)CN1C(=O)N[C@]2(CCCN(Cc3ccccc3)C2)C1=O. The second kappa shape index (κ2) is 8.20. The third-order valence-electron chi connectivity index (χ3n) is 5.26. The highest BCUT2D eigenvalue weighted by molar-refractivity contribution is 6.07. The Labute approximate surface area is 159 Å². The van der Waals surface area contributed by atoms with E-state index in [1.54, 1.807) is 0 Å². The van der Waals surface area contributed by atoms with Crippen molar-refractivity contribution in [2.75, 3.05) is 19.6 Å². The molecule has 0 aliphatic carbocycles. The number of likely N-dealkylation sites (tertiary alicyclic amines) is 1. The summed E-state index contributed by atoms with van der Waals surface area (Å²) in [7, 11) is 0. The molecule has 27 heavy (non-hydrogen) atoms. The van der Waals surface area contributed by atoms with Gasteiger partial charge < -0.3 is 5.32 Å². The zero-order chi connectivity index (χ0) is 19.3. The molecule has 2 fully saturated rings. The molecule has 140 valence electrons. The van der Waals surface area contributed by atoms with E-state index in [1.165, 1.54) is 5.56 Å². The molecule has 1 N–H and O–H groups in total. The number of hydrogen-bond donors (Lipinski definition) is 1. The zero-order valence-corrected chi connectivity index (χ0v) is 15.2. The van der Waals surface area contributed by atoms with Gasteiger partial charge in [-0.25, -0.2) is 4.79 Å². The minimum absolute atomic E-state index is 0.0449. The third-order valence-corrected chi connectivity index (χ3v) is 5.26. The van der Waals surface area contributed by atoms with Gasteiger partial charge in [0.25, 0.3) is 5.91 Å². The van der Waals surface area contributed by atoms with Crippen molar-refractivity contribution in [2.45, 2.75) is 37.8 Å². The molecule has 2 saturated heterocycles. The van der Waals surface area contributed by atoms with E-state index in [2.05, 4.69) is 28.4 Å². The van der Waals surface area contributed by atoms with Crippen LogP contribution in [-0.2, 0) is 11.3 Å². The van der Waals surface area contributed by atoms with Crippen molar-refractivity contribution in [3.8, 4) is 12.1 Å². The molecule has 0 aromatic heterocycles. The first-order valence-electron chi connectivity index (χ1n) is 9.25. The van der Waals surface area contributed by atoms with E-state index < -0.39 is 17.5 Å². The number of urea groups is 1. The van der Waals surface area contributed by atoms with Crippen LogP contribution in [0.25, 0.3) is 0 Å². The van der Waals surface area contributed by atoms with E-state index in [9.17, 15) is 14.9 Å². The van der Waals surface area contributed by atoms with Crippen molar-refractivity contribution in [3.63, 3.8) is 0 Å². The third kappa shape index (κ3) is 4.10.